The molecule has 3 atom stereocenters. The minimum absolute atomic E-state index is 0.0520. The van der Waals surface area contributed by atoms with Crippen LogP contribution in [0.15, 0.2) is 0 Å². The first kappa shape index (κ1) is 15.1. The Morgan fingerprint density at radius 1 is 1.26 bits per heavy atom. The van der Waals surface area contributed by atoms with Gasteiger partial charge in [-0.15, -0.1) is 0 Å². The van der Waals surface area contributed by atoms with Crippen molar-refractivity contribution in [2.75, 3.05) is 13.6 Å². The van der Waals surface area contributed by atoms with E-state index < -0.39 is 24.2 Å². The van der Waals surface area contributed by atoms with Crippen LogP contribution in [0.4, 0.5) is 13.2 Å². The normalized spacial score (nSPS) is 35.2. The number of rotatable bonds is 3. The van der Waals surface area contributed by atoms with Gasteiger partial charge >= 0.3 is 6.18 Å². The molecule has 0 aromatic carbocycles. The number of aliphatic hydroxyl groups excluding tert-OH is 1. The summed E-state index contributed by atoms with van der Waals surface area (Å²) in [7, 11) is 1.78. The summed E-state index contributed by atoms with van der Waals surface area (Å²) in [6.07, 6.45) is -0.786. The standard InChI is InChI=1S/C14H24F3NO/c1-13(6-3-7-13)9-18(2)12-8-10(19)4-5-11(12)14(15,16)17/h10-12,19H,3-9H2,1-2H3. The van der Waals surface area contributed by atoms with Gasteiger partial charge in [0.25, 0.3) is 0 Å². The largest absolute Gasteiger partial charge is 0.393 e. The summed E-state index contributed by atoms with van der Waals surface area (Å²) in [6, 6.07) is -0.568. The average molecular weight is 279 g/mol. The van der Waals surface area contributed by atoms with Crippen LogP contribution < -0.4 is 0 Å². The zero-order chi connectivity index (χ0) is 14.3. The molecule has 0 aromatic heterocycles. The fourth-order valence-corrected chi connectivity index (χ4v) is 3.65. The predicted octanol–water partition coefficient (Wildman–Crippen LogP) is 3.20. The van der Waals surface area contributed by atoms with Gasteiger partial charge in [0.05, 0.1) is 12.0 Å². The molecule has 0 heterocycles. The van der Waals surface area contributed by atoms with Gasteiger partial charge in [-0.2, -0.15) is 13.2 Å². The Hall–Kier alpha value is -0.290. The lowest BCUT2D eigenvalue weighted by molar-refractivity contribution is -0.205. The van der Waals surface area contributed by atoms with Crippen LogP contribution in [0.5, 0.6) is 0 Å². The highest BCUT2D eigenvalue weighted by atomic mass is 19.4. The zero-order valence-corrected chi connectivity index (χ0v) is 11.7. The smallest absolute Gasteiger partial charge is 0.393 e. The monoisotopic (exact) mass is 279 g/mol. The van der Waals surface area contributed by atoms with Gasteiger partial charge in [0.1, 0.15) is 0 Å². The molecule has 0 radical (unpaired) electrons. The summed E-state index contributed by atoms with van der Waals surface area (Å²) >= 11 is 0. The number of alkyl halides is 3. The molecule has 0 aliphatic heterocycles. The van der Waals surface area contributed by atoms with Crippen LogP contribution in [0.3, 0.4) is 0 Å². The molecular weight excluding hydrogens is 255 g/mol. The molecule has 2 saturated carbocycles. The lowest BCUT2D eigenvalue weighted by Crippen LogP contribution is -2.52. The van der Waals surface area contributed by atoms with Gasteiger partial charge in [0, 0.05) is 12.6 Å². The molecule has 3 unspecified atom stereocenters. The molecule has 5 heteroatoms. The molecule has 2 fully saturated rings. The van der Waals surface area contributed by atoms with Crippen LogP contribution in [0, 0.1) is 11.3 Å². The first-order chi connectivity index (χ1) is 8.71. The first-order valence-electron chi connectivity index (χ1n) is 7.16. The molecule has 0 bridgehead atoms. The molecule has 2 aliphatic carbocycles. The van der Waals surface area contributed by atoms with Crippen LogP contribution in [0.1, 0.15) is 45.4 Å². The third-order valence-corrected chi connectivity index (χ3v) is 4.97. The second kappa shape index (κ2) is 5.24. The first-order valence-corrected chi connectivity index (χ1v) is 7.16. The second-order valence-electron chi connectivity index (χ2n) is 6.76. The van der Waals surface area contributed by atoms with Gasteiger partial charge in [0.2, 0.25) is 0 Å². The molecule has 2 aliphatic rings. The average Bonchev–Trinajstić information content (AvgIpc) is 2.25. The number of halogens is 3. The van der Waals surface area contributed by atoms with Crippen molar-refractivity contribution in [2.24, 2.45) is 11.3 Å². The van der Waals surface area contributed by atoms with E-state index in [0.29, 0.717) is 6.54 Å². The Morgan fingerprint density at radius 2 is 1.89 bits per heavy atom. The van der Waals surface area contributed by atoms with Gasteiger partial charge in [-0.25, -0.2) is 0 Å². The number of aliphatic hydroxyl groups is 1. The van der Waals surface area contributed by atoms with Gasteiger partial charge in [-0.1, -0.05) is 13.3 Å². The molecule has 1 N–H and O–H groups in total. The number of nitrogens with zero attached hydrogens (tertiary/aromatic N) is 1. The van der Waals surface area contributed by atoms with Gasteiger partial charge in [-0.3, -0.25) is 0 Å². The van der Waals surface area contributed by atoms with Gasteiger partial charge in [0.15, 0.2) is 0 Å². The molecular formula is C14H24F3NO. The van der Waals surface area contributed by atoms with Crippen LogP contribution in [-0.4, -0.2) is 41.9 Å². The van der Waals surface area contributed by atoms with Crippen molar-refractivity contribution < 1.29 is 18.3 Å². The van der Waals surface area contributed by atoms with Crippen molar-refractivity contribution in [3.8, 4) is 0 Å². The zero-order valence-electron chi connectivity index (χ0n) is 11.7. The maximum absolute atomic E-state index is 13.1. The summed E-state index contributed by atoms with van der Waals surface area (Å²) in [6.45, 7) is 2.85. The Morgan fingerprint density at radius 3 is 2.37 bits per heavy atom. The van der Waals surface area contributed by atoms with Crippen molar-refractivity contribution in [3.63, 3.8) is 0 Å². The Labute approximate surface area is 113 Å². The van der Waals surface area contributed by atoms with Crippen molar-refractivity contribution in [1.29, 1.82) is 0 Å². The van der Waals surface area contributed by atoms with Crippen LogP contribution in [0.2, 0.25) is 0 Å². The summed E-state index contributed by atoms with van der Waals surface area (Å²) in [5.74, 6) is -1.29. The highest BCUT2D eigenvalue weighted by Gasteiger charge is 2.49. The topological polar surface area (TPSA) is 23.5 Å². The van der Waals surface area contributed by atoms with Crippen LogP contribution in [-0.2, 0) is 0 Å². The fraction of sp³-hybridized carbons (Fsp3) is 1.00. The molecule has 19 heavy (non-hydrogen) atoms. The summed E-state index contributed by atoms with van der Waals surface area (Å²) in [5.41, 5.74) is 0.174. The summed E-state index contributed by atoms with van der Waals surface area (Å²) in [4.78, 5) is 1.85. The fourth-order valence-electron chi connectivity index (χ4n) is 3.65. The highest BCUT2D eigenvalue weighted by molar-refractivity contribution is 4.93. The molecule has 2 nitrogen and oxygen atoms in total. The van der Waals surface area contributed by atoms with E-state index in [1.807, 2.05) is 4.90 Å². The van der Waals surface area contributed by atoms with Crippen molar-refractivity contribution in [3.05, 3.63) is 0 Å². The van der Waals surface area contributed by atoms with Crippen LogP contribution in [0.25, 0.3) is 0 Å². The molecule has 2 rings (SSSR count). The minimum Gasteiger partial charge on any atom is -0.393 e. The third-order valence-electron chi connectivity index (χ3n) is 4.97. The van der Waals surface area contributed by atoms with E-state index >= 15 is 0 Å². The Balaban J connectivity index is 2.04. The maximum atomic E-state index is 13.1. The van der Waals surface area contributed by atoms with E-state index in [4.69, 9.17) is 0 Å². The second-order valence-corrected chi connectivity index (χ2v) is 6.76. The quantitative estimate of drug-likeness (QED) is 0.857. The lowest BCUT2D eigenvalue weighted by atomic mass is 9.69. The number of hydrogen-bond donors (Lipinski definition) is 1. The van der Waals surface area contributed by atoms with E-state index in [-0.39, 0.29) is 24.7 Å². The summed E-state index contributed by atoms with van der Waals surface area (Å²) < 4.78 is 39.3. The van der Waals surface area contributed by atoms with E-state index in [2.05, 4.69) is 6.92 Å². The van der Waals surface area contributed by atoms with Crippen molar-refractivity contribution in [1.82, 2.24) is 4.90 Å². The van der Waals surface area contributed by atoms with E-state index in [9.17, 15) is 18.3 Å². The third kappa shape index (κ3) is 3.43. The minimum atomic E-state index is -4.15. The Kier molecular flexibility index (Phi) is 4.17. The van der Waals surface area contributed by atoms with Gasteiger partial charge < -0.3 is 10.0 Å². The van der Waals surface area contributed by atoms with Crippen molar-refractivity contribution >= 4 is 0 Å². The highest BCUT2D eigenvalue weighted by Crippen LogP contribution is 2.44. The van der Waals surface area contributed by atoms with E-state index in [0.717, 1.165) is 12.8 Å². The van der Waals surface area contributed by atoms with Crippen molar-refractivity contribution in [2.45, 2.75) is 63.8 Å². The Bertz CT molecular complexity index is 314. The molecule has 0 spiro atoms. The maximum Gasteiger partial charge on any atom is 0.393 e. The SMILES string of the molecule is CN(CC1(C)CCC1)C1CC(O)CCC1C(F)(F)F. The van der Waals surface area contributed by atoms with Gasteiger partial charge in [-0.05, 0) is 44.6 Å². The summed E-state index contributed by atoms with van der Waals surface area (Å²) in [5, 5.41) is 9.69. The molecule has 0 amide bonds. The van der Waals surface area contributed by atoms with E-state index in [1.165, 1.54) is 6.42 Å². The number of hydrogen-bond acceptors (Lipinski definition) is 2. The van der Waals surface area contributed by atoms with Crippen LogP contribution >= 0.6 is 0 Å². The molecule has 0 aromatic rings. The predicted molar refractivity (Wildman–Crippen MR) is 67.8 cm³/mol. The molecule has 112 valence electrons. The lowest BCUT2D eigenvalue weighted by Gasteiger charge is -2.47. The molecule has 0 saturated heterocycles. The van der Waals surface area contributed by atoms with E-state index in [1.54, 1.807) is 7.05 Å².